The first-order chi connectivity index (χ1) is 6.76. The molecule has 0 spiro atoms. The minimum absolute atomic E-state index is 0.624. The molecule has 0 aromatic rings. The first-order valence-electron chi connectivity index (χ1n) is 5.09. The third-order valence-corrected chi connectivity index (χ3v) is 3.19. The van der Waals surface area contributed by atoms with Crippen LogP contribution in [0.1, 0.15) is 25.7 Å². The van der Waals surface area contributed by atoms with Crippen molar-refractivity contribution in [3.8, 4) is 0 Å². The second kappa shape index (κ2) is 3.48. The van der Waals surface area contributed by atoms with Gasteiger partial charge in [0, 0.05) is 12.7 Å². The number of carboxylic acids is 1. The van der Waals surface area contributed by atoms with Gasteiger partial charge < -0.3 is 10.0 Å². The minimum Gasteiger partial charge on any atom is -0.479 e. The maximum atomic E-state index is 11.3. The summed E-state index contributed by atoms with van der Waals surface area (Å²) in [5.41, 5.74) is -0.624. The highest BCUT2D eigenvalue weighted by atomic mass is 16.4. The molecule has 0 aromatic carbocycles. The molecule has 0 bridgehead atoms. The molecule has 0 unspecified atom stereocenters. The van der Waals surface area contributed by atoms with Crippen LogP contribution in [0.4, 0.5) is 0 Å². The summed E-state index contributed by atoms with van der Waals surface area (Å²) in [6.07, 6.45) is 11.4. The van der Waals surface area contributed by atoms with E-state index in [0.717, 1.165) is 32.2 Å². The first kappa shape index (κ1) is 9.31. The Hall–Kier alpha value is -1.25. The smallest absolute Gasteiger partial charge is 0.329 e. The second-order valence-corrected chi connectivity index (χ2v) is 3.97. The van der Waals surface area contributed by atoms with Gasteiger partial charge in [-0.2, -0.15) is 0 Å². The monoisotopic (exact) mass is 193 g/mol. The van der Waals surface area contributed by atoms with Crippen LogP contribution in [0.25, 0.3) is 0 Å². The molecule has 2 rings (SSSR count). The van der Waals surface area contributed by atoms with Crippen LogP contribution < -0.4 is 0 Å². The van der Waals surface area contributed by atoms with Gasteiger partial charge in [0.15, 0.2) is 0 Å². The average molecular weight is 193 g/mol. The molecule has 1 saturated carbocycles. The minimum atomic E-state index is -0.671. The lowest BCUT2D eigenvalue weighted by Gasteiger charge is -2.37. The number of hydrogen-bond acceptors (Lipinski definition) is 2. The van der Waals surface area contributed by atoms with Crippen LogP contribution in [0.5, 0.6) is 0 Å². The Bertz CT molecular complexity index is 288. The van der Waals surface area contributed by atoms with Crippen LogP contribution in [-0.4, -0.2) is 28.1 Å². The van der Waals surface area contributed by atoms with E-state index < -0.39 is 11.5 Å². The molecule has 1 aliphatic heterocycles. The van der Waals surface area contributed by atoms with Crippen LogP contribution in [-0.2, 0) is 4.79 Å². The molecule has 1 heterocycles. The van der Waals surface area contributed by atoms with Gasteiger partial charge in [0.1, 0.15) is 5.54 Å². The summed E-state index contributed by atoms with van der Waals surface area (Å²) in [5, 5.41) is 9.32. The molecule has 3 nitrogen and oxygen atoms in total. The summed E-state index contributed by atoms with van der Waals surface area (Å²) in [6, 6.07) is 0. The highest BCUT2D eigenvalue weighted by Crippen LogP contribution is 2.36. The number of carboxylic acid groups (broad SMARTS) is 1. The van der Waals surface area contributed by atoms with Gasteiger partial charge in [-0.1, -0.05) is 25.0 Å². The normalized spacial score (nSPS) is 24.1. The van der Waals surface area contributed by atoms with Gasteiger partial charge in [-0.3, -0.25) is 0 Å². The Labute approximate surface area is 83.7 Å². The van der Waals surface area contributed by atoms with Crippen molar-refractivity contribution in [3.63, 3.8) is 0 Å². The highest BCUT2D eigenvalue weighted by Gasteiger charge is 2.45. The zero-order valence-corrected chi connectivity index (χ0v) is 8.15. The summed E-state index contributed by atoms with van der Waals surface area (Å²) >= 11 is 0. The summed E-state index contributed by atoms with van der Waals surface area (Å²) in [7, 11) is 0. The van der Waals surface area contributed by atoms with Gasteiger partial charge in [-0.05, 0) is 18.9 Å². The van der Waals surface area contributed by atoms with Crippen molar-refractivity contribution in [2.75, 3.05) is 6.54 Å². The number of nitrogens with zero attached hydrogens (tertiary/aromatic N) is 1. The number of rotatable bonds is 2. The Kier molecular flexibility index (Phi) is 2.32. The van der Waals surface area contributed by atoms with Crippen LogP contribution in [0.2, 0.25) is 0 Å². The lowest BCUT2D eigenvalue weighted by atomic mass is 9.95. The largest absolute Gasteiger partial charge is 0.479 e. The van der Waals surface area contributed by atoms with Gasteiger partial charge in [-0.15, -0.1) is 0 Å². The molecule has 76 valence electrons. The van der Waals surface area contributed by atoms with Crippen molar-refractivity contribution >= 4 is 5.97 Å². The molecular formula is C11H15NO2. The molecule has 1 aliphatic carbocycles. The Morgan fingerprint density at radius 3 is 2.50 bits per heavy atom. The molecule has 14 heavy (non-hydrogen) atoms. The second-order valence-electron chi connectivity index (χ2n) is 3.97. The fraction of sp³-hybridized carbons (Fsp3) is 0.545. The quantitative estimate of drug-likeness (QED) is 0.726. The Balaban J connectivity index is 2.22. The van der Waals surface area contributed by atoms with E-state index in [9.17, 15) is 9.90 Å². The van der Waals surface area contributed by atoms with Crippen LogP contribution in [0.3, 0.4) is 0 Å². The molecule has 1 N–H and O–H groups in total. The standard InChI is InChI=1S/C11H15NO2/c13-10(14)11(6-2-3-7-11)12-8-4-1-5-9-12/h1,4-5,8H,2-3,6-7,9H2,(H,13,14). The van der Waals surface area contributed by atoms with Gasteiger partial charge in [-0.25, -0.2) is 4.79 Å². The Morgan fingerprint density at radius 2 is 2.00 bits per heavy atom. The predicted octanol–water partition coefficient (Wildman–Crippen LogP) is 1.77. The fourth-order valence-corrected chi connectivity index (χ4v) is 2.37. The van der Waals surface area contributed by atoms with Gasteiger partial charge in [0.2, 0.25) is 0 Å². The fourth-order valence-electron chi connectivity index (χ4n) is 2.37. The van der Waals surface area contributed by atoms with Crippen LogP contribution in [0.15, 0.2) is 24.4 Å². The number of aliphatic carboxylic acids is 1. The van der Waals surface area contributed by atoms with Crippen molar-refractivity contribution in [2.45, 2.75) is 31.2 Å². The van der Waals surface area contributed by atoms with E-state index in [2.05, 4.69) is 0 Å². The van der Waals surface area contributed by atoms with Crippen LogP contribution >= 0.6 is 0 Å². The van der Waals surface area contributed by atoms with E-state index in [1.165, 1.54) is 0 Å². The maximum absolute atomic E-state index is 11.3. The lowest BCUT2D eigenvalue weighted by Crippen LogP contribution is -2.50. The van der Waals surface area contributed by atoms with Gasteiger partial charge >= 0.3 is 5.97 Å². The number of allylic oxidation sites excluding steroid dienone is 2. The van der Waals surface area contributed by atoms with Crippen molar-refractivity contribution in [2.24, 2.45) is 0 Å². The zero-order valence-electron chi connectivity index (χ0n) is 8.15. The molecule has 1 fully saturated rings. The maximum Gasteiger partial charge on any atom is 0.329 e. The topological polar surface area (TPSA) is 40.5 Å². The summed E-state index contributed by atoms with van der Waals surface area (Å²) in [5.74, 6) is -0.671. The molecule has 0 saturated heterocycles. The lowest BCUT2D eigenvalue weighted by molar-refractivity contribution is -0.149. The molecule has 0 radical (unpaired) electrons. The number of hydrogen-bond donors (Lipinski definition) is 1. The highest BCUT2D eigenvalue weighted by molar-refractivity contribution is 5.79. The summed E-state index contributed by atoms with van der Waals surface area (Å²) in [6.45, 7) is 0.725. The van der Waals surface area contributed by atoms with E-state index in [4.69, 9.17) is 0 Å². The number of carbonyl (C=O) groups is 1. The molecular weight excluding hydrogens is 178 g/mol. The van der Waals surface area contributed by atoms with Crippen LogP contribution in [0, 0.1) is 0 Å². The van der Waals surface area contributed by atoms with Gasteiger partial charge in [0.05, 0.1) is 0 Å². The van der Waals surface area contributed by atoms with Crippen molar-refractivity contribution in [3.05, 3.63) is 24.4 Å². The van der Waals surface area contributed by atoms with E-state index >= 15 is 0 Å². The predicted molar refractivity (Wildman–Crippen MR) is 53.8 cm³/mol. The van der Waals surface area contributed by atoms with E-state index in [-0.39, 0.29) is 0 Å². The van der Waals surface area contributed by atoms with Crippen molar-refractivity contribution < 1.29 is 9.90 Å². The summed E-state index contributed by atoms with van der Waals surface area (Å²) in [4.78, 5) is 13.3. The average Bonchev–Trinajstić information content (AvgIpc) is 2.69. The van der Waals surface area contributed by atoms with E-state index in [1.807, 2.05) is 29.3 Å². The zero-order chi connectivity index (χ0) is 10.0. The first-order valence-corrected chi connectivity index (χ1v) is 5.09. The van der Waals surface area contributed by atoms with Gasteiger partial charge in [0.25, 0.3) is 0 Å². The third-order valence-electron chi connectivity index (χ3n) is 3.19. The van der Waals surface area contributed by atoms with Crippen molar-refractivity contribution in [1.82, 2.24) is 4.90 Å². The Morgan fingerprint density at radius 1 is 1.29 bits per heavy atom. The van der Waals surface area contributed by atoms with E-state index in [1.54, 1.807) is 0 Å². The van der Waals surface area contributed by atoms with Crippen molar-refractivity contribution in [1.29, 1.82) is 0 Å². The molecule has 0 amide bonds. The summed E-state index contributed by atoms with van der Waals surface area (Å²) < 4.78 is 0. The molecule has 3 heteroatoms. The molecule has 0 atom stereocenters. The SMILES string of the molecule is O=C(O)C1(N2C=CC=CC2)CCCC1. The van der Waals surface area contributed by atoms with E-state index in [0.29, 0.717) is 0 Å². The molecule has 0 aromatic heterocycles. The third kappa shape index (κ3) is 1.33. The molecule has 2 aliphatic rings.